The largest absolute Gasteiger partial charge is 0.427 e. The maximum Gasteiger partial charge on any atom is 0.308 e. The molecule has 4 atom stereocenters. The summed E-state index contributed by atoms with van der Waals surface area (Å²) >= 11 is 0. The van der Waals surface area contributed by atoms with E-state index in [-0.39, 0.29) is 29.4 Å². The molecule has 1 heterocycles. The van der Waals surface area contributed by atoms with E-state index < -0.39 is 0 Å². The fourth-order valence-electron chi connectivity index (χ4n) is 7.13. The van der Waals surface area contributed by atoms with Crippen LogP contribution in [0.3, 0.4) is 0 Å². The smallest absolute Gasteiger partial charge is 0.308 e. The number of esters is 1. The van der Waals surface area contributed by atoms with Gasteiger partial charge in [0.15, 0.2) is 0 Å². The third-order valence-corrected chi connectivity index (χ3v) is 9.06. The van der Waals surface area contributed by atoms with Crippen LogP contribution in [0.4, 0.5) is 0 Å². The van der Waals surface area contributed by atoms with Crippen LogP contribution in [0.15, 0.2) is 54.6 Å². The third kappa shape index (κ3) is 6.22. The van der Waals surface area contributed by atoms with Crippen molar-refractivity contribution in [2.45, 2.75) is 70.4 Å². The van der Waals surface area contributed by atoms with E-state index in [1.807, 2.05) is 49.6 Å². The molecule has 5 rings (SSSR count). The highest BCUT2D eigenvalue weighted by atomic mass is 16.5. The molecule has 0 bridgehead atoms. The summed E-state index contributed by atoms with van der Waals surface area (Å²) in [5.74, 6) is 1.86. The Morgan fingerprint density at radius 2 is 1.87 bits per heavy atom. The molecule has 3 aliphatic rings. The fraction of sp³-hybridized carbons (Fsp3) is 0.576. The average Bonchev–Trinajstić information content (AvgIpc) is 3.75. The SMILES string of the molecule is COC1C[C@H](N(CC(C)C)C(=O)c2ccccc2)C[C@]2(c3cccc(OC(C)=O)c3)CCN(CC3CC3)C[C@@H]12. The van der Waals surface area contributed by atoms with Crippen molar-refractivity contribution in [2.24, 2.45) is 17.8 Å². The van der Waals surface area contributed by atoms with Crippen molar-refractivity contribution < 1.29 is 19.1 Å². The lowest BCUT2D eigenvalue weighted by atomic mass is 9.56. The topological polar surface area (TPSA) is 59.1 Å². The molecule has 2 aromatic carbocycles. The minimum atomic E-state index is -0.312. The number of carbonyl (C=O) groups is 2. The van der Waals surface area contributed by atoms with Crippen molar-refractivity contribution in [2.75, 3.05) is 33.3 Å². The number of likely N-dealkylation sites (tertiary alicyclic amines) is 1. The molecule has 1 saturated heterocycles. The number of carbonyl (C=O) groups excluding carboxylic acids is 2. The molecule has 1 aliphatic heterocycles. The summed E-state index contributed by atoms with van der Waals surface area (Å²) in [6, 6.07) is 17.8. The molecule has 0 radical (unpaired) electrons. The van der Waals surface area contributed by atoms with Gasteiger partial charge in [-0.25, -0.2) is 0 Å². The fourth-order valence-corrected chi connectivity index (χ4v) is 7.13. The molecule has 1 amide bonds. The number of amides is 1. The molecular formula is C33H44N2O4. The van der Waals surface area contributed by atoms with E-state index in [4.69, 9.17) is 9.47 Å². The molecule has 6 nitrogen and oxygen atoms in total. The van der Waals surface area contributed by atoms with Crippen LogP contribution in [0, 0.1) is 17.8 Å². The highest BCUT2D eigenvalue weighted by Crippen LogP contribution is 2.52. The van der Waals surface area contributed by atoms with Crippen molar-refractivity contribution in [3.8, 4) is 5.75 Å². The third-order valence-electron chi connectivity index (χ3n) is 9.06. The summed E-state index contributed by atoms with van der Waals surface area (Å²) in [7, 11) is 1.83. The first-order valence-electron chi connectivity index (χ1n) is 14.7. The number of methoxy groups -OCH3 is 1. The van der Waals surface area contributed by atoms with E-state index in [1.54, 1.807) is 0 Å². The summed E-state index contributed by atoms with van der Waals surface area (Å²) in [5, 5.41) is 0. The quantitative estimate of drug-likeness (QED) is 0.313. The Labute approximate surface area is 233 Å². The van der Waals surface area contributed by atoms with Gasteiger partial charge in [-0.15, -0.1) is 0 Å². The van der Waals surface area contributed by atoms with Gasteiger partial charge in [0, 0.05) is 56.6 Å². The van der Waals surface area contributed by atoms with Crippen LogP contribution in [0.5, 0.6) is 5.75 Å². The highest BCUT2D eigenvalue weighted by molar-refractivity contribution is 5.94. The molecule has 39 heavy (non-hydrogen) atoms. The van der Waals surface area contributed by atoms with E-state index in [1.165, 1.54) is 31.9 Å². The Morgan fingerprint density at radius 1 is 1.10 bits per heavy atom. The lowest BCUT2D eigenvalue weighted by Crippen LogP contribution is -2.62. The van der Waals surface area contributed by atoms with Crippen molar-refractivity contribution in [3.63, 3.8) is 0 Å². The molecule has 1 unspecified atom stereocenters. The number of hydrogen-bond acceptors (Lipinski definition) is 5. The summed E-state index contributed by atoms with van der Waals surface area (Å²) in [6.45, 7) is 9.71. The lowest BCUT2D eigenvalue weighted by molar-refractivity contribution is -0.131. The molecule has 0 aromatic heterocycles. The highest BCUT2D eigenvalue weighted by Gasteiger charge is 2.54. The molecule has 0 spiro atoms. The van der Waals surface area contributed by atoms with Crippen LogP contribution in [-0.2, 0) is 14.9 Å². The number of nitrogens with zero attached hydrogens (tertiary/aromatic N) is 2. The average molecular weight is 533 g/mol. The first kappa shape index (κ1) is 27.9. The van der Waals surface area contributed by atoms with Crippen molar-refractivity contribution in [1.29, 1.82) is 0 Å². The standard InChI is InChI=1S/C33H44N2O4/c1-23(2)20-35(32(37)26-9-6-5-7-10-26)28-18-31(38-4)30-22-34(21-25-13-14-25)16-15-33(30,19-28)27-11-8-12-29(17-27)39-24(3)36/h5-12,17,23,25,28,30-31H,13-16,18-22H2,1-4H3/t28-,30-,31?,33-/m0/s1. The van der Waals surface area contributed by atoms with Crippen LogP contribution in [0.2, 0.25) is 0 Å². The van der Waals surface area contributed by atoms with E-state index >= 15 is 0 Å². The predicted octanol–water partition coefficient (Wildman–Crippen LogP) is 5.56. The van der Waals surface area contributed by atoms with Gasteiger partial charge in [0.1, 0.15) is 5.75 Å². The molecule has 3 fully saturated rings. The van der Waals surface area contributed by atoms with Gasteiger partial charge in [-0.05, 0) is 80.3 Å². The van der Waals surface area contributed by atoms with Crippen LogP contribution in [0.25, 0.3) is 0 Å². The van der Waals surface area contributed by atoms with Gasteiger partial charge in [-0.2, -0.15) is 0 Å². The second kappa shape index (κ2) is 11.8. The van der Waals surface area contributed by atoms with Gasteiger partial charge in [-0.1, -0.05) is 44.2 Å². The van der Waals surface area contributed by atoms with Gasteiger partial charge in [-0.3, -0.25) is 9.59 Å². The Morgan fingerprint density at radius 3 is 2.54 bits per heavy atom. The molecular weight excluding hydrogens is 488 g/mol. The number of fused-ring (bicyclic) bond motifs is 1. The van der Waals surface area contributed by atoms with E-state index in [9.17, 15) is 9.59 Å². The zero-order valence-corrected chi connectivity index (χ0v) is 24.0. The lowest BCUT2D eigenvalue weighted by Gasteiger charge is -2.57. The number of piperidine rings is 1. The molecule has 6 heteroatoms. The van der Waals surface area contributed by atoms with E-state index in [0.717, 1.165) is 43.8 Å². The number of ether oxygens (including phenoxy) is 2. The van der Waals surface area contributed by atoms with Gasteiger partial charge in [0.25, 0.3) is 5.91 Å². The Kier molecular flexibility index (Phi) is 8.43. The Bertz CT molecular complexity index is 1150. The zero-order chi connectivity index (χ0) is 27.6. The molecule has 2 aromatic rings. The zero-order valence-electron chi connectivity index (χ0n) is 24.0. The molecule has 210 valence electrons. The van der Waals surface area contributed by atoms with Crippen LogP contribution < -0.4 is 4.74 Å². The number of benzene rings is 2. The maximum atomic E-state index is 14.0. The summed E-state index contributed by atoms with van der Waals surface area (Å²) < 4.78 is 11.8. The minimum Gasteiger partial charge on any atom is -0.427 e. The maximum absolute atomic E-state index is 14.0. The van der Waals surface area contributed by atoms with Crippen LogP contribution >= 0.6 is 0 Å². The molecule has 2 saturated carbocycles. The Hall–Kier alpha value is -2.70. The van der Waals surface area contributed by atoms with Gasteiger partial charge in [0.05, 0.1) is 6.10 Å². The minimum absolute atomic E-state index is 0.0290. The van der Waals surface area contributed by atoms with Crippen molar-refractivity contribution in [1.82, 2.24) is 9.80 Å². The number of hydrogen-bond donors (Lipinski definition) is 0. The first-order valence-corrected chi connectivity index (χ1v) is 14.7. The van der Waals surface area contributed by atoms with Gasteiger partial charge < -0.3 is 19.3 Å². The number of rotatable bonds is 9. The second-order valence-electron chi connectivity index (χ2n) is 12.4. The van der Waals surface area contributed by atoms with Crippen LogP contribution in [0.1, 0.15) is 68.8 Å². The van der Waals surface area contributed by atoms with Crippen molar-refractivity contribution in [3.05, 3.63) is 65.7 Å². The van der Waals surface area contributed by atoms with E-state index in [2.05, 4.69) is 35.8 Å². The summed E-state index contributed by atoms with van der Waals surface area (Å²) in [6.07, 6.45) is 5.43. The van der Waals surface area contributed by atoms with Crippen LogP contribution in [-0.4, -0.2) is 67.1 Å². The molecule has 2 aliphatic carbocycles. The predicted molar refractivity (Wildman–Crippen MR) is 153 cm³/mol. The summed E-state index contributed by atoms with van der Waals surface area (Å²) in [5.41, 5.74) is 1.76. The normalized spacial score (nSPS) is 27.2. The van der Waals surface area contributed by atoms with Crippen molar-refractivity contribution >= 4 is 11.9 Å². The van der Waals surface area contributed by atoms with Gasteiger partial charge in [0.2, 0.25) is 0 Å². The molecule has 0 N–H and O–H groups in total. The first-order chi connectivity index (χ1) is 18.8. The Balaban J connectivity index is 1.53. The monoisotopic (exact) mass is 532 g/mol. The summed E-state index contributed by atoms with van der Waals surface area (Å²) in [4.78, 5) is 30.5. The second-order valence-corrected chi connectivity index (χ2v) is 12.4. The van der Waals surface area contributed by atoms with E-state index in [0.29, 0.717) is 24.1 Å². The van der Waals surface area contributed by atoms with Gasteiger partial charge >= 0.3 is 5.97 Å².